The lowest BCUT2D eigenvalue weighted by Crippen LogP contribution is -2.19. The van der Waals surface area contributed by atoms with Crippen molar-refractivity contribution in [3.05, 3.63) is 0 Å². The maximum atomic E-state index is 9.72. The molecule has 0 fully saturated rings. The molecule has 0 aliphatic heterocycles. The van der Waals surface area contributed by atoms with Crippen LogP contribution in [0.3, 0.4) is 0 Å². The number of hydrogen-bond donors (Lipinski definition) is 2. The molecule has 5 heteroatoms. The van der Waals surface area contributed by atoms with Crippen LogP contribution in [0.5, 0.6) is 0 Å². The standard InChI is InChI=1S/C6H14N2O.C5H14N2/c1-8(2)5-3-4-7-6-9;1-7(2)5-3-4-6/h6H,3-5H2,1-2H3,(H,7,9);3-6H2,1-2H3. The van der Waals surface area contributed by atoms with Crippen LogP contribution in [-0.2, 0) is 4.79 Å². The van der Waals surface area contributed by atoms with Crippen LogP contribution in [0.25, 0.3) is 0 Å². The summed E-state index contributed by atoms with van der Waals surface area (Å²) in [5, 5.41) is 2.60. The molecule has 98 valence electrons. The fraction of sp³-hybridized carbons (Fsp3) is 0.909. The Kier molecular flexibility index (Phi) is 15.9. The van der Waals surface area contributed by atoms with Crippen LogP contribution in [0.2, 0.25) is 0 Å². The molecule has 3 N–H and O–H groups in total. The van der Waals surface area contributed by atoms with E-state index in [2.05, 4.69) is 29.2 Å². The molecule has 0 bridgehead atoms. The van der Waals surface area contributed by atoms with Gasteiger partial charge < -0.3 is 20.9 Å². The number of nitrogens with two attached hydrogens (primary N) is 1. The molecule has 0 aliphatic carbocycles. The van der Waals surface area contributed by atoms with Gasteiger partial charge in [0.1, 0.15) is 0 Å². The van der Waals surface area contributed by atoms with Crippen molar-refractivity contribution in [1.29, 1.82) is 0 Å². The van der Waals surface area contributed by atoms with Crippen LogP contribution in [-0.4, -0.2) is 70.6 Å². The molecule has 16 heavy (non-hydrogen) atoms. The van der Waals surface area contributed by atoms with E-state index in [0.717, 1.165) is 45.4 Å². The fourth-order valence-electron chi connectivity index (χ4n) is 0.964. The number of nitrogens with one attached hydrogen (secondary N) is 1. The third-order valence-corrected chi connectivity index (χ3v) is 1.82. The third kappa shape index (κ3) is 23.3. The molecule has 0 aliphatic rings. The highest BCUT2D eigenvalue weighted by atomic mass is 16.1. The van der Waals surface area contributed by atoms with Gasteiger partial charge in [-0.15, -0.1) is 0 Å². The highest BCUT2D eigenvalue weighted by molar-refractivity contribution is 5.45. The topological polar surface area (TPSA) is 61.6 Å². The van der Waals surface area contributed by atoms with Gasteiger partial charge in [0, 0.05) is 6.54 Å². The first-order chi connectivity index (χ1) is 7.54. The largest absolute Gasteiger partial charge is 0.359 e. The van der Waals surface area contributed by atoms with Crippen molar-refractivity contribution in [2.75, 3.05) is 54.4 Å². The van der Waals surface area contributed by atoms with Gasteiger partial charge in [-0.3, -0.25) is 4.79 Å². The Morgan fingerprint density at radius 1 is 1.06 bits per heavy atom. The quantitative estimate of drug-likeness (QED) is 0.441. The summed E-state index contributed by atoms with van der Waals surface area (Å²) in [6.07, 6.45) is 2.86. The van der Waals surface area contributed by atoms with Crippen molar-refractivity contribution in [1.82, 2.24) is 15.1 Å². The highest BCUT2D eigenvalue weighted by Crippen LogP contribution is 1.78. The molecule has 1 amide bonds. The maximum absolute atomic E-state index is 9.72. The molecule has 0 rings (SSSR count). The van der Waals surface area contributed by atoms with Crippen molar-refractivity contribution >= 4 is 6.41 Å². The molecule has 0 saturated heterocycles. The lowest BCUT2D eigenvalue weighted by Gasteiger charge is -2.07. The first-order valence-corrected chi connectivity index (χ1v) is 5.71. The van der Waals surface area contributed by atoms with Crippen molar-refractivity contribution in [3.8, 4) is 0 Å². The number of carbonyl (C=O) groups excluding carboxylic acids is 1. The SMILES string of the molecule is CN(C)CCCN.CN(C)CCCNC=O. The van der Waals surface area contributed by atoms with E-state index in [0.29, 0.717) is 0 Å². The van der Waals surface area contributed by atoms with E-state index >= 15 is 0 Å². The number of carbonyl (C=O) groups is 1. The van der Waals surface area contributed by atoms with Crippen LogP contribution in [0.1, 0.15) is 12.8 Å². The zero-order chi connectivity index (χ0) is 12.8. The molecule has 0 atom stereocenters. The van der Waals surface area contributed by atoms with E-state index in [1.54, 1.807) is 0 Å². The van der Waals surface area contributed by atoms with E-state index in [4.69, 9.17) is 5.73 Å². The van der Waals surface area contributed by atoms with E-state index in [-0.39, 0.29) is 0 Å². The zero-order valence-corrected chi connectivity index (χ0v) is 11.2. The van der Waals surface area contributed by atoms with Crippen LogP contribution < -0.4 is 11.1 Å². The van der Waals surface area contributed by atoms with Gasteiger partial charge in [0.05, 0.1) is 0 Å². The van der Waals surface area contributed by atoms with Crippen molar-refractivity contribution in [3.63, 3.8) is 0 Å². The molecule has 0 aromatic heterocycles. The number of hydrogen-bond acceptors (Lipinski definition) is 4. The summed E-state index contributed by atoms with van der Waals surface area (Å²) in [5.74, 6) is 0. The van der Waals surface area contributed by atoms with Gasteiger partial charge in [-0.05, 0) is 60.7 Å². The fourth-order valence-corrected chi connectivity index (χ4v) is 0.964. The summed E-state index contributed by atoms with van der Waals surface area (Å²) in [7, 11) is 8.13. The molecule has 0 radical (unpaired) electrons. The summed E-state index contributed by atoms with van der Waals surface area (Å²) in [5.41, 5.74) is 5.25. The van der Waals surface area contributed by atoms with Gasteiger partial charge in [0.2, 0.25) is 6.41 Å². The Morgan fingerprint density at radius 2 is 1.56 bits per heavy atom. The minimum atomic E-state index is 0.732. The van der Waals surface area contributed by atoms with Crippen molar-refractivity contribution < 1.29 is 4.79 Å². The Hall–Kier alpha value is -0.650. The van der Waals surface area contributed by atoms with Gasteiger partial charge in [0.15, 0.2) is 0 Å². The minimum Gasteiger partial charge on any atom is -0.359 e. The Bertz CT molecular complexity index is 140. The number of nitrogens with zero attached hydrogens (tertiary/aromatic N) is 2. The molecule has 0 heterocycles. The summed E-state index contributed by atoms with van der Waals surface area (Å²) < 4.78 is 0. The van der Waals surface area contributed by atoms with E-state index in [1.807, 2.05) is 14.1 Å². The van der Waals surface area contributed by atoms with Crippen molar-refractivity contribution in [2.24, 2.45) is 5.73 Å². The van der Waals surface area contributed by atoms with E-state index in [1.165, 1.54) is 0 Å². The predicted octanol–water partition coefficient (Wildman–Crippen LogP) is -0.419. The number of amides is 1. The first-order valence-electron chi connectivity index (χ1n) is 5.71. The maximum Gasteiger partial charge on any atom is 0.207 e. The zero-order valence-electron chi connectivity index (χ0n) is 11.2. The second-order valence-electron chi connectivity index (χ2n) is 4.17. The van der Waals surface area contributed by atoms with Crippen LogP contribution in [0.4, 0.5) is 0 Å². The average Bonchev–Trinajstić information content (AvgIpc) is 2.22. The summed E-state index contributed by atoms with van der Waals surface area (Å²) >= 11 is 0. The second-order valence-corrected chi connectivity index (χ2v) is 4.17. The molecular formula is C11H28N4O. The highest BCUT2D eigenvalue weighted by Gasteiger charge is 1.87. The smallest absolute Gasteiger partial charge is 0.207 e. The molecule has 0 unspecified atom stereocenters. The van der Waals surface area contributed by atoms with Crippen LogP contribution in [0, 0.1) is 0 Å². The monoisotopic (exact) mass is 232 g/mol. The summed E-state index contributed by atoms with van der Waals surface area (Å²) in [6, 6.07) is 0. The van der Waals surface area contributed by atoms with Gasteiger partial charge in [-0.25, -0.2) is 0 Å². The minimum absolute atomic E-state index is 0.732. The summed E-state index contributed by atoms with van der Waals surface area (Å²) in [4.78, 5) is 13.9. The van der Waals surface area contributed by atoms with Gasteiger partial charge in [-0.1, -0.05) is 0 Å². The third-order valence-electron chi connectivity index (χ3n) is 1.82. The Balaban J connectivity index is 0. The Morgan fingerprint density at radius 3 is 1.88 bits per heavy atom. The van der Waals surface area contributed by atoms with Gasteiger partial charge in [0.25, 0.3) is 0 Å². The molecule has 5 nitrogen and oxygen atoms in total. The lowest BCUT2D eigenvalue weighted by atomic mass is 10.4. The Labute approximate surface area is 100.0 Å². The molecule has 0 spiro atoms. The van der Waals surface area contributed by atoms with Crippen LogP contribution >= 0.6 is 0 Å². The normalized spacial score (nSPS) is 9.94. The number of rotatable bonds is 8. The first kappa shape index (κ1) is 17.7. The lowest BCUT2D eigenvalue weighted by molar-refractivity contribution is -0.109. The van der Waals surface area contributed by atoms with Gasteiger partial charge >= 0.3 is 0 Å². The second kappa shape index (κ2) is 14.3. The molecular weight excluding hydrogens is 204 g/mol. The molecule has 0 aromatic carbocycles. The molecule has 0 saturated carbocycles. The molecule has 0 aromatic rings. The summed E-state index contributed by atoms with van der Waals surface area (Å²) in [6.45, 7) is 3.72. The average molecular weight is 232 g/mol. The van der Waals surface area contributed by atoms with Crippen molar-refractivity contribution in [2.45, 2.75) is 12.8 Å². The van der Waals surface area contributed by atoms with Crippen LogP contribution in [0.15, 0.2) is 0 Å². The van der Waals surface area contributed by atoms with E-state index in [9.17, 15) is 4.79 Å². The van der Waals surface area contributed by atoms with Gasteiger partial charge in [-0.2, -0.15) is 0 Å². The van der Waals surface area contributed by atoms with E-state index < -0.39 is 0 Å². The predicted molar refractivity (Wildman–Crippen MR) is 69.5 cm³/mol.